The molecule has 0 aliphatic carbocycles. The highest BCUT2D eigenvalue weighted by Crippen LogP contribution is 2.23. The Hall–Kier alpha value is -0.200. The molecule has 5 unspecified atom stereocenters. The molecule has 5 heteroatoms. The first kappa shape index (κ1) is 10.9. The molecular formula is C8H16O5. The molecule has 1 fully saturated rings. The lowest BCUT2D eigenvalue weighted by Crippen LogP contribution is -2.57. The summed E-state index contributed by atoms with van der Waals surface area (Å²) in [5, 5.41) is 27.9. The Labute approximate surface area is 76.9 Å². The van der Waals surface area contributed by atoms with Crippen molar-refractivity contribution in [3.8, 4) is 0 Å². The average molecular weight is 192 g/mol. The highest BCUT2D eigenvalue weighted by atomic mass is 16.6. The molecule has 5 nitrogen and oxygen atoms in total. The predicted octanol–water partition coefficient (Wildman–Crippen LogP) is -1.15. The smallest absolute Gasteiger partial charge is 0.183 e. The zero-order chi connectivity index (χ0) is 10.0. The monoisotopic (exact) mass is 192 g/mol. The predicted molar refractivity (Wildman–Crippen MR) is 44.0 cm³/mol. The molecular weight excluding hydrogens is 176 g/mol. The van der Waals surface area contributed by atoms with Gasteiger partial charge >= 0.3 is 0 Å². The molecule has 78 valence electrons. The van der Waals surface area contributed by atoms with Crippen molar-refractivity contribution in [1.29, 1.82) is 0 Å². The zero-order valence-electron chi connectivity index (χ0n) is 7.75. The van der Waals surface area contributed by atoms with E-state index in [0.29, 0.717) is 6.42 Å². The summed E-state index contributed by atoms with van der Waals surface area (Å²) in [5.41, 5.74) is 0. The van der Waals surface area contributed by atoms with Gasteiger partial charge in [0.05, 0.1) is 6.10 Å². The standard InChI is InChI=1S/C8H16O5/c1-3-4-7(12-2)5(9)6(10)8(11)13-4/h4-11H,3H2,1-2H3. The summed E-state index contributed by atoms with van der Waals surface area (Å²) in [7, 11) is 1.43. The minimum Gasteiger partial charge on any atom is -0.387 e. The van der Waals surface area contributed by atoms with Gasteiger partial charge in [0.2, 0.25) is 0 Å². The molecule has 0 bridgehead atoms. The van der Waals surface area contributed by atoms with Crippen molar-refractivity contribution in [3.63, 3.8) is 0 Å². The fourth-order valence-electron chi connectivity index (χ4n) is 1.54. The number of rotatable bonds is 2. The van der Waals surface area contributed by atoms with Crippen molar-refractivity contribution in [2.24, 2.45) is 0 Å². The molecule has 0 aromatic carbocycles. The van der Waals surface area contributed by atoms with Gasteiger partial charge in [0.25, 0.3) is 0 Å². The fourth-order valence-corrected chi connectivity index (χ4v) is 1.54. The molecule has 0 spiro atoms. The molecule has 0 aromatic heterocycles. The summed E-state index contributed by atoms with van der Waals surface area (Å²) in [6, 6.07) is 0. The average Bonchev–Trinajstić information content (AvgIpc) is 2.13. The number of aliphatic hydroxyl groups is 3. The van der Waals surface area contributed by atoms with E-state index in [1.54, 1.807) is 0 Å². The molecule has 1 saturated heterocycles. The molecule has 0 amide bonds. The van der Waals surface area contributed by atoms with E-state index in [4.69, 9.17) is 9.47 Å². The second-order valence-corrected chi connectivity index (χ2v) is 3.15. The van der Waals surface area contributed by atoms with E-state index in [0.717, 1.165) is 0 Å². The lowest BCUT2D eigenvalue weighted by atomic mass is 9.97. The van der Waals surface area contributed by atoms with Crippen LogP contribution in [-0.4, -0.2) is 53.1 Å². The Morgan fingerprint density at radius 1 is 1.23 bits per heavy atom. The van der Waals surface area contributed by atoms with Crippen LogP contribution in [0.2, 0.25) is 0 Å². The minimum absolute atomic E-state index is 0.376. The maximum absolute atomic E-state index is 9.49. The van der Waals surface area contributed by atoms with Gasteiger partial charge < -0.3 is 24.8 Å². The summed E-state index contributed by atoms with van der Waals surface area (Å²) < 4.78 is 10.0. The van der Waals surface area contributed by atoms with E-state index in [1.165, 1.54) is 7.11 Å². The third-order valence-corrected chi connectivity index (χ3v) is 2.33. The quantitative estimate of drug-likeness (QED) is 0.515. The van der Waals surface area contributed by atoms with Gasteiger partial charge in [0.1, 0.15) is 18.3 Å². The first-order valence-corrected chi connectivity index (χ1v) is 4.34. The Kier molecular flexibility index (Phi) is 3.63. The third kappa shape index (κ3) is 2.00. The van der Waals surface area contributed by atoms with Crippen LogP contribution in [0.25, 0.3) is 0 Å². The third-order valence-electron chi connectivity index (χ3n) is 2.33. The Bertz CT molecular complexity index is 161. The molecule has 5 atom stereocenters. The van der Waals surface area contributed by atoms with Crippen molar-refractivity contribution >= 4 is 0 Å². The van der Waals surface area contributed by atoms with Crippen LogP contribution >= 0.6 is 0 Å². The minimum atomic E-state index is -1.33. The maximum Gasteiger partial charge on any atom is 0.183 e. The van der Waals surface area contributed by atoms with Crippen molar-refractivity contribution in [1.82, 2.24) is 0 Å². The fraction of sp³-hybridized carbons (Fsp3) is 1.00. The van der Waals surface area contributed by atoms with Crippen LogP contribution in [0.1, 0.15) is 13.3 Å². The van der Waals surface area contributed by atoms with Crippen LogP contribution in [0.15, 0.2) is 0 Å². The molecule has 1 aliphatic rings. The van der Waals surface area contributed by atoms with Gasteiger partial charge in [0, 0.05) is 7.11 Å². The number of ether oxygens (including phenoxy) is 2. The van der Waals surface area contributed by atoms with E-state index in [9.17, 15) is 15.3 Å². The highest BCUT2D eigenvalue weighted by Gasteiger charge is 2.43. The lowest BCUT2D eigenvalue weighted by Gasteiger charge is -2.39. The number of aliphatic hydroxyl groups excluding tert-OH is 3. The first-order chi connectivity index (χ1) is 6.11. The molecule has 1 rings (SSSR count). The molecule has 0 aromatic rings. The normalized spacial score (nSPS) is 46.4. The summed E-state index contributed by atoms with van der Waals surface area (Å²) in [5.74, 6) is 0. The van der Waals surface area contributed by atoms with Crippen LogP contribution in [0.3, 0.4) is 0 Å². The van der Waals surface area contributed by atoms with Crippen molar-refractivity contribution in [2.75, 3.05) is 7.11 Å². The summed E-state index contributed by atoms with van der Waals surface area (Å²) in [4.78, 5) is 0. The van der Waals surface area contributed by atoms with Crippen LogP contribution in [0.5, 0.6) is 0 Å². The second kappa shape index (κ2) is 4.34. The van der Waals surface area contributed by atoms with E-state index in [1.807, 2.05) is 6.92 Å². The SMILES string of the molecule is CCC1OC(O)C(O)C(O)C1OC. The lowest BCUT2D eigenvalue weighted by molar-refractivity contribution is -0.285. The summed E-state index contributed by atoms with van der Waals surface area (Å²) in [6.07, 6.45) is -4.07. The van der Waals surface area contributed by atoms with Gasteiger partial charge in [0.15, 0.2) is 6.29 Å². The van der Waals surface area contributed by atoms with Crippen LogP contribution in [0.4, 0.5) is 0 Å². The summed E-state index contributed by atoms with van der Waals surface area (Å²) >= 11 is 0. The molecule has 0 saturated carbocycles. The first-order valence-electron chi connectivity index (χ1n) is 4.34. The van der Waals surface area contributed by atoms with Gasteiger partial charge in [-0.15, -0.1) is 0 Å². The van der Waals surface area contributed by atoms with Crippen molar-refractivity contribution < 1.29 is 24.8 Å². The topological polar surface area (TPSA) is 79.2 Å². The van der Waals surface area contributed by atoms with Crippen LogP contribution in [0, 0.1) is 0 Å². The molecule has 3 N–H and O–H groups in total. The van der Waals surface area contributed by atoms with Gasteiger partial charge in [-0.2, -0.15) is 0 Å². The molecule has 0 radical (unpaired) electrons. The summed E-state index contributed by atoms with van der Waals surface area (Å²) in [6.45, 7) is 1.85. The van der Waals surface area contributed by atoms with Gasteiger partial charge in [-0.25, -0.2) is 0 Å². The largest absolute Gasteiger partial charge is 0.387 e. The Balaban J connectivity index is 2.69. The zero-order valence-corrected chi connectivity index (χ0v) is 7.75. The van der Waals surface area contributed by atoms with E-state index in [2.05, 4.69) is 0 Å². The Morgan fingerprint density at radius 3 is 2.31 bits per heavy atom. The number of hydrogen-bond acceptors (Lipinski definition) is 5. The molecule has 1 aliphatic heterocycles. The highest BCUT2D eigenvalue weighted by molar-refractivity contribution is 4.88. The molecule has 13 heavy (non-hydrogen) atoms. The van der Waals surface area contributed by atoms with Crippen molar-refractivity contribution in [2.45, 2.75) is 44.1 Å². The van der Waals surface area contributed by atoms with E-state index < -0.39 is 24.6 Å². The van der Waals surface area contributed by atoms with Crippen molar-refractivity contribution in [3.05, 3.63) is 0 Å². The number of methoxy groups -OCH3 is 1. The second-order valence-electron chi connectivity index (χ2n) is 3.15. The van der Waals surface area contributed by atoms with Crippen LogP contribution < -0.4 is 0 Å². The van der Waals surface area contributed by atoms with Gasteiger partial charge in [-0.05, 0) is 6.42 Å². The van der Waals surface area contributed by atoms with Gasteiger partial charge in [-0.1, -0.05) is 6.92 Å². The maximum atomic E-state index is 9.49. The Morgan fingerprint density at radius 2 is 1.85 bits per heavy atom. The van der Waals surface area contributed by atoms with Gasteiger partial charge in [-0.3, -0.25) is 0 Å². The van der Waals surface area contributed by atoms with E-state index >= 15 is 0 Å². The van der Waals surface area contributed by atoms with Crippen LogP contribution in [-0.2, 0) is 9.47 Å². The molecule has 1 heterocycles. The van der Waals surface area contributed by atoms with E-state index in [-0.39, 0.29) is 6.10 Å². The number of hydrogen-bond donors (Lipinski definition) is 3.